The second-order valence-corrected chi connectivity index (χ2v) is 7.49. The van der Waals surface area contributed by atoms with Crippen LogP contribution in [0.5, 0.6) is 0 Å². The molecule has 0 radical (unpaired) electrons. The summed E-state index contributed by atoms with van der Waals surface area (Å²) in [5.74, 6) is -3.12. The number of carboxylic acid groups (broad SMARTS) is 2. The quantitative estimate of drug-likeness (QED) is 0.483. The van der Waals surface area contributed by atoms with Crippen LogP contribution in [0.1, 0.15) is 65.9 Å². The smallest absolute Gasteiger partial charge is 0.336 e. The van der Waals surface area contributed by atoms with Gasteiger partial charge in [0, 0.05) is 24.0 Å². The Bertz CT molecular complexity index is 1220. The largest absolute Gasteiger partial charge is 0.478 e. The number of aromatic carboxylic acids is 2. The molecular weight excluding hydrogens is 408 g/mol. The summed E-state index contributed by atoms with van der Waals surface area (Å²) in [5, 5.41) is 19.2. The standard InChI is InChI=1S/C26H22O6/c1-3-23(27)19-10-8-17(13-21(19)25(29)30)18-9-11-20(22(14-18)26(31)32)24(28)12-16-6-4-15(2)5-7-16/h4-11,13-14H,3,12H2,1-2H3,(H,29,30)(H,31,32). The first-order chi connectivity index (χ1) is 15.2. The fourth-order valence-corrected chi connectivity index (χ4v) is 3.46. The van der Waals surface area contributed by atoms with Crippen molar-refractivity contribution >= 4 is 23.5 Å². The number of aryl methyl sites for hydroxylation is 1. The van der Waals surface area contributed by atoms with E-state index in [1.807, 2.05) is 31.2 Å². The number of carbonyl (C=O) groups is 4. The number of hydrogen-bond acceptors (Lipinski definition) is 4. The molecule has 0 atom stereocenters. The van der Waals surface area contributed by atoms with Crippen LogP contribution < -0.4 is 0 Å². The monoisotopic (exact) mass is 430 g/mol. The van der Waals surface area contributed by atoms with Gasteiger partial charge in [-0.15, -0.1) is 0 Å². The summed E-state index contributed by atoms with van der Waals surface area (Å²) in [6.45, 7) is 3.58. The molecule has 2 N–H and O–H groups in total. The molecule has 0 heterocycles. The lowest BCUT2D eigenvalue weighted by Gasteiger charge is -2.11. The van der Waals surface area contributed by atoms with Crippen molar-refractivity contribution in [2.75, 3.05) is 0 Å². The Labute approximate surface area is 185 Å². The summed E-state index contributed by atoms with van der Waals surface area (Å²) in [6, 6.07) is 16.2. The Morgan fingerprint density at radius 1 is 0.656 bits per heavy atom. The maximum Gasteiger partial charge on any atom is 0.336 e. The fraction of sp³-hybridized carbons (Fsp3) is 0.154. The second-order valence-electron chi connectivity index (χ2n) is 7.49. The molecule has 0 amide bonds. The number of rotatable bonds is 8. The molecule has 0 unspecified atom stereocenters. The second kappa shape index (κ2) is 9.39. The third-order valence-corrected chi connectivity index (χ3v) is 5.24. The van der Waals surface area contributed by atoms with Crippen molar-refractivity contribution in [1.82, 2.24) is 0 Å². The van der Waals surface area contributed by atoms with E-state index in [2.05, 4.69) is 0 Å². The predicted octanol–water partition coefficient (Wildman–Crippen LogP) is 5.08. The van der Waals surface area contributed by atoms with Crippen LogP contribution in [0.15, 0.2) is 60.7 Å². The topological polar surface area (TPSA) is 109 Å². The van der Waals surface area contributed by atoms with E-state index in [1.54, 1.807) is 19.1 Å². The first kappa shape index (κ1) is 22.6. The summed E-state index contributed by atoms with van der Waals surface area (Å²) >= 11 is 0. The van der Waals surface area contributed by atoms with Gasteiger partial charge in [0.2, 0.25) is 0 Å². The molecule has 0 bridgehead atoms. The van der Waals surface area contributed by atoms with Crippen LogP contribution in [-0.2, 0) is 6.42 Å². The van der Waals surface area contributed by atoms with Gasteiger partial charge in [0.25, 0.3) is 0 Å². The zero-order chi connectivity index (χ0) is 23.4. The van der Waals surface area contributed by atoms with E-state index in [0.717, 1.165) is 11.1 Å². The van der Waals surface area contributed by atoms with Gasteiger partial charge in [0.15, 0.2) is 11.6 Å². The summed E-state index contributed by atoms with van der Waals surface area (Å²) < 4.78 is 0. The molecule has 0 aliphatic heterocycles. The summed E-state index contributed by atoms with van der Waals surface area (Å²) in [4.78, 5) is 48.4. The van der Waals surface area contributed by atoms with E-state index in [1.165, 1.54) is 24.3 Å². The van der Waals surface area contributed by atoms with Crippen LogP contribution >= 0.6 is 0 Å². The van der Waals surface area contributed by atoms with Crippen molar-refractivity contribution in [3.63, 3.8) is 0 Å². The molecule has 3 aromatic rings. The molecule has 0 aliphatic carbocycles. The maximum absolute atomic E-state index is 12.8. The SMILES string of the molecule is CCC(=O)c1ccc(-c2ccc(C(=O)Cc3ccc(C)cc3)c(C(=O)O)c2)cc1C(=O)O. The van der Waals surface area contributed by atoms with Gasteiger partial charge >= 0.3 is 11.9 Å². The van der Waals surface area contributed by atoms with Gasteiger partial charge in [-0.2, -0.15) is 0 Å². The molecule has 3 rings (SSSR count). The number of benzene rings is 3. The Kier molecular flexibility index (Phi) is 6.64. The average molecular weight is 430 g/mol. The molecule has 0 spiro atoms. The van der Waals surface area contributed by atoms with Crippen LogP contribution in [0.3, 0.4) is 0 Å². The van der Waals surface area contributed by atoms with Gasteiger partial charge in [-0.05, 0) is 47.9 Å². The fourth-order valence-electron chi connectivity index (χ4n) is 3.46. The van der Waals surface area contributed by atoms with Gasteiger partial charge in [-0.25, -0.2) is 9.59 Å². The minimum Gasteiger partial charge on any atom is -0.478 e. The molecule has 0 saturated heterocycles. The zero-order valence-electron chi connectivity index (χ0n) is 17.7. The minimum atomic E-state index is -1.25. The van der Waals surface area contributed by atoms with Crippen molar-refractivity contribution in [1.29, 1.82) is 0 Å². The van der Waals surface area contributed by atoms with Crippen molar-refractivity contribution in [3.05, 3.63) is 94.0 Å². The molecular formula is C26H22O6. The highest BCUT2D eigenvalue weighted by Crippen LogP contribution is 2.27. The van der Waals surface area contributed by atoms with E-state index >= 15 is 0 Å². The van der Waals surface area contributed by atoms with E-state index in [9.17, 15) is 29.4 Å². The first-order valence-corrected chi connectivity index (χ1v) is 10.1. The lowest BCUT2D eigenvalue weighted by atomic mass is 9.92. The summed E-state index contributed by atoms with van der Waals surface area (Å²) in [6.07, 6.45) is 0.234. The molecule has 0 fully saturated rings. The number of ketones is 2. The van der Waals surface area contributed by atoms with Gasteiger partial charge in [0.1, 0.15) is 0 Å². The van der Waals surface area contributed by atoms with Gasteiger partial charge in [-0.1, -0.05) is 48.9 Å². The molecule has 162 valence electrons. The zero-order valence-corrected chi connectivity index (χ0v) is 17.7. The van der Waals surface area contributed by atoms with Crippen molar-refractivity contribution in [2.24, 2.45) is 0 Å². The lowest BCUT2D eigenvalue weighted by molar-refractivity contribution is 0.0683. The van der Waals surface area contributed by atoms with Crippen LogP contribution in [0.25, 0.3) is 11.1 Å². The molecule has 3 aromatic carbocycles. The number of Topliss-reactive ketones (excluding diaryl/α,β-unsaturated/α-hetero) is 2. The molecule has 0 aromatic heterocycles. The van der Waals surface area contributed by atoms with E-state index in [4.69, 9.17) is 0 Å². The highest BCUT2D eigenvalue weighted by molar-refractivity contribution is 6.08. The lowest BCUT2D eigenvalue weighted by Crippen LogP contribution is -2.11. The summed E-state index contributed by atoms with van der Waals surface area (Å²) in [7, 11) is 0. The van der Waals surface area contributed by atoms with Crippen molar-refractivity contribution in [2.45, 2.75) is 26.7 Å². The highest BCUT2D eigenvalue weighted by Gasteiger charge is 2.20. The van der Waals surface area contributed by atoms with E-state index in [-0.39, 0.29) is 46.7 Å². The highest BCUT2D eigenvalue weighted by atomic mass is 16.4. The molecule has 6 heteroatoms. The maximum atomic E-state index is 12.8. The van der Waals surface area contributed by atoms with Gasteiger partial charge < -0.3 is 10.2 Å². The Hall–Kier alpha value is -4.06. The van der Waals surface area contributed by atoms with Crippen LogP contribution in [0.2, 0.25) is 0 Å². The van der Waals surface area contributed by atoms with E-state index < -0.39 is 11.9 Å². The predicted molar refractivity (Wildman–Crippen MR) is 120 cm³/mol. The Balaban J connectivity index is 2.00. The summed E-state index contributed by atoms with van der Waals surface area (Å²) in [5.41, 5.74) is 2.59. The van der Waals surface area contributed by atoms with Gasteiger partial charge in [0.05, 0.1) is 11.1 Å². The van der Waals surface area contributed by atoms with Gasteiger partial charge in [-0.3, -0.25) is 9.59 Å². The van der Waals surface area contributed by atoms with Crippen molar-refractivity contribution < 1.29 is 29.4 Å². The first-order valence-electron chi connectivity index (χ1n) is 10.1. The Morgan fingerprint density at radius 2 is 1.12 bits per heavy atom. The Morgan fingerprint density at radius 3 is 1.56 bits per heavy atom. The molecule has 6 nitrogen and oxygen atoms in total. The minimum absolute atomic E-state index is 0.0664. The van der Waals surface area contributed by atoms with Crippen LogP contribution in [0.4, 0.5) is 0 Å². The number of carboxylic acids is 2. The molecule has 0 aliphatic rings. The number of hydrogen-bond donors (Lipinski definition) is 2. The third kappa shape index (κ3) is 4.81. The molecule has 32 heavy (non-hydrogen) atoms. The molecule has 0 saturated carbocycles. The number of carbonyl (C=O) groups excluding carboxylic acids is 2. The van der Waals surface area contributed by atoms with Crippen LogP contribution in [0, 0.1) is 6.92 Å². The third-order valence-electron chi connectivity index (χ3n) is 5.24. The van der Waals surface area contributed by atoms with E-state index in [0.29, 0.717) is 11.1 Å². The normalized spacial score (nSPS) is 10.6. The van der Waals surface area contributed by atoms with Crippen molar-refractivity contribution in [3.8, 4) is 11.1 Å². The van der Waals surface area contributed by atoms with Crippen LogP contribution in [-0.4, -0.2) is 33.7 Å². The average Bonchev–Trinajstić information content (AvgIpc) is 2.79.